The minimum atomic E-state index is -0.193. The lowest BCUT2D eigenvalue weighted by Crippen LogP contribution is -2.00. The number of carbonyl (C=O) groups excluding carboxylic acids is 1. The summed E-state index contributed by atoms with van der Waals surface area (Å²) in [5.41, 5.74) is 1.09. The normalized spacial score (nSPS) is 10.2. The van der Waals surface area contributed by atoms with E-state index < -0.39 is 0 Å². The van der Waals surface area contributed by atoms with Crippen LogP contribution in [-0.4, -0.2) is 17.6 Å². The van der Waals surface area contributed by atoms with E-state index >= 15 is 0 Å². The van der Waals surface area contributed by atoms with Crippen molar-refractivity contribution in [3.63, 3.8) is 0 Å². The molecule has 0 radical (unpaired) electrons. The van der Waals surface area contributed by atoms with Gasteiger partial charge in [0.25, 0.3) is 0 Å². The summed E-state index contributed by atoms with van der Waals surface area (Å²) in [7, 11) is 0. The van der Waals surface area contributed by atoms with Crippen LogP contribution in [0, 0.1) is 0 Å². The van der Waals surface area contributed by atoms with Crippen molar-refractivity contribution >= 4 is 51.5 Å². The van der Waals surface area contributed by atoms with Gasteiger partial charge in [-0.05, 0) is 37.8 Å². The van der Waals surface area contributed by atoms with Crippen LogP contribution < -0.4 is 0 Å². The first-order valence-electron chi connectivity index (χ1n) is 6.23. The largest absolute Gasteiger partial charge is 0.466 e. The highest BCUT2D eigenvalue weighted by molar-refractivity contribution is 14.0. The van der Waals surface area contributed by atoms with Gasteiger partial charge in [0.15, 0.2) is 0 Å². The van der Waals surface area contributed by atoms with Gasteiger partial charge in [-0.2, -0.15) is 0 Å². The van der Waals surface area contributed by atoms with Gasteiger partial charge in [0.05, 0.1) is 21.8 Å². The fourth-order valence-corrected chi connectivity index (χ4v) is 2.81. The van der Waals surface area contributed by atoms with Gasteiger partial charge in [0.2, 0.25) is 0 Å². The molecule has 19 heavy (non-hydrogen) atoms. The zero-order valence-corrected chi connectivity index (χ0v) is 14.1. The average molecular weight is 391 g/mol. The topological polar surface area (TPSA) is 39.2 Å². The summed E-state index contributed by atoms with van der Waals surface area (Å²) in [6.07, 6.45) is 4.12. The van der Waals surface area contributed by atoms with Gasteiger partial charge in [-0.25, -0.2) is 4.98 Å². The van der Waals surface area contributed by atoms with Crippen LogP contribution in [-0.2, 0) is 16.0 Å². The molecule has 0 unspecified atom stereocenters. The number of unbranched alkanes of at least 4 members (excludes halogenated alkanes) is 2. The van der Waals surface area contributed by atoms with Gasteiger partial charge in [-0.3, -0.25) is 4.79 Å². The second-order valence-electron chi connectivity index (χ2n) is 4.23. The third-order valence-electron chi connectivity index (χ3n) is 2.68. The van der Waals surface area contributed by atoms with Crippen molar-refractivity contribution in [2.75, 3.05) is 6.61 Å². The van der Waals surface area contributed by atoms with Crippen molar-refractivity contribution in [1.29, 1.82) is 0 Å². The van der Waals surface area contributed by atoms with Crippen molar-refractivity contribution in [2.45, 2.75) is 32.6 Å². The Hall–Kier alpha value is -0.690. The molecule has 0 atom stereocenters. The molecular weight excluding hydrogens is 373 g/mol. The summed E-state index contributed by atoms with van der Waals surface area (Å²) in [6, 6.07) is 8.22. The van der Waals surface area contributed by atoms with E-state index in [4.69, 9.17) is 4.74 Å². The first-order chi connectivity index (χ1) is 8.75. The lowest BCUT2D eigenvalue weighted by atomic mass is 10.2. The predicted molar refractivity (Wildman–Crippen MR) is 89.2 cm³/mol. The Balaban J connectivity index is 0.00000180. The number of rotatable bonds is 6. The summed E-state index contributed by atoms with van der Waals surface area (Å²) in [6.45, 7) is 1.98. The van der Waals surface area contributed by atoms with Crippen LogP contribution in [0.5, 0.6) is 0 Å². The second-order valence-corrected chi connectivity index (χ2v) is 5.34. The number of aromatic nitrogens is 1. The molecule has 0 saturated heterocycles. The Labute approximate surface area is 134 Å². The molecule has 2 aromatic rings. The molecule has 0 N–H and O–H groups in total. The summed E-state index contributed by atoms with van der Waals surface area (Å²) < 4.78 is 6.15. The molecule has 3 nitrogen and oxygen atoms in total. The first kappa shape index (κ1) is 16.4. The van der Waals surface area contributed by atoms with Crippen LogP contribution in [0.2, 0.25) is 0 Å². The van der Waals surface area contributed by atoms with Crippen LogP contribution in [0.3, 0.4) is 0 Å². The molecule has 0 saturated carbocycles. The first-order valence-corrected chi connectivity index (χ1v) is 7.05. The van der Waals surface area contributed by atoms with Crippen molar-refractivity contribution in [3.05, 3.63) is 29.3 Å². The highest BCUT2D eigenvalue weighted by atomic mass is 127. The Kier molecular flexibility index (Phi) is 7.30. The number of aryl methyl sites for hydroxylation is 1. The molecule has 5 heteroatoms. The molecule has 0 aliphatic carbocycles. The van der Waals surface area contributed by atoms with Crippen molar-refractivity contribution in [3.8, 4) is 0 Å². The second kappa shape index (κ2) is 8.47. The number of fused-ring (bicyclic) bond motifs is 1. The lowest BCUT2D eigenvalue weighted by Gasteiger charge is -2.00. The third-order valence-corrected chi connectivity index (χ3v) is 3.77. The maximum Gasteiger partial charge on any atom is 0.302 e. The van der Waals surface area contributed by atoms with Gasteiger partial charge < -0.3 is 4.74 Å². The van der Waals surface area contributed by atoms with E-state index in [1.165, 1.54) is 16.6 Å². The minimum absolute atomic E-state index is 0. The maximum atomic E-state index is 10.6. The highest BCUT2D eigenvalue weighted by Crippen LogP contribution is 2.22. The summed E-state index contributed by atoms with van der Waals surface area (Å²) >= 11 is 1.77. The zero-order valence-electron chi connectivity index (χ0n) is 10.9. The Morgan fingerprint density at radius 3 is 2.79 bits per heavy atom. The van der Waals surface area contributed by atoms with Crippen molar-refractivity contribution < 1.29 is 9.53 Å². The smallest absolute Gasteiger partial charge is 0.302 e. The van der Waals surface area contributed by atoms with Gasteiger partial charge in [-0.15, -0.1) is 35.3 Å². The standard InChI is InChI=1S/C14H17NO2S.HI/c1-11(16)17-10-6-2-3-9-14-15-12-7-4-5-8-13(12)18-14;/h4-5,7-8H,2-3,6,9-10H2,1H3;1H. The molecule has 0 bridgehead atoms. The van der Waals surface area contributed by atoms with E-state index in [1.54, 1.807) is 11.3 Å². The Morgan fingerprint density at radius 2 is 2.05 bits per heavy atom. The number of ether oxygens (including phenoxy) is 1. The van der Waals surface area contributed by atoms with Gasteiger partial charge >= 0.3 is 5.97 Å². The summed E-state index contributed by atoms with van der Waals surface area (Å²) in [5, 5.41) is 1.20. The molecular formula is C14H18INO2S. The van der Waals surface area contributed by atoms with Crippen molar-refractivity contribution in [2.24, 2.45) is 0 Å². The molecule has 0 fully saturated rings. The summed E-state index contributed by atoms with van der Waals surface area (Å²) in [4.78, 5) is 15.2. The maximum absolute atomic E-state index is 10.6. The van der Waals surface area contributed by atoms with Gasteiger partial charge in [0.1, 0.15) is 0 Å². The Bertz CT molecular complexity index is 494. The molecule has 0 spiro atoms. The molecule has 0 amide bonds. The monoisotopic (exact) mass is 391 g/mol. The van der Waals surface area contributed by atoms with Crippen LogP contribution in [0.4, 0.5) is 0 Å². The molecule has 0 aliphatic heterocycles. The number of halogens is 1. The zero-order chi connectivity index (χ0) is 12.8. The van der Waals surface area contributed by atoms with Gasteiger partial charge in [0, 0.05) is 6.92 Å². The molecule has 1 aromatic heterocycles. The number of esters is 1. The number of para-hydroxylation sites is 1. The van der Waals surface area contributed by atoms with E-state index in [-0.39, 0.29) is 29.9 Å². The number of hydrogen-bond acceptors (Lipinski definition) is 4. The number of thiazole rings is 1. The number of carbonyl (C=O) groups is 1. The number of nitrogens with zero attached hydrogens (tertiary/aromatic N) is 1. The van der Waals surface area contributed by atoms with Crippen LogP contribution in [0.15, 0.2) is 24.3 Å². The minimum Gasteiger partial charge on any atom is -0.466 e. The van der Waals surface area contributed by atoms with E-state index in [2.05, 4.69) is 17.1 Å². The van der Waals surface area contributed by atoms with E-state index in [9.17, 15) is 4.79 Å². The SMILES string of the molecule is CC(=O)OCCCCCc1nc2ccccc2s1.I. The predicted octanol–water partition coefficient (Wildman–Crippen LogP) is 4.19. The van der Waals surface area contributed by atoms with E-state index in [1.807, 2.05) is 12.1 Å². The molecule has 1 aromatic carbocycles. The quantitative estimate of drug-likeness (QED) is 0.421. The van der Waals surface area contributed by atoms with Gasteiger partial charge in [-0.1, -0.05) is 12.1 Å². The average Bonchev–Trinajstić information content (AvgIpc) is 2.75. The fraction of sp³-hybridized carbons (Fsp3) is 0.429. The molecule has 104 valence electrons. The number of benzene rings is 1. The fourth-order valence-electron chi connectivity index (χ4n) is 1.80. The molecule has 0 aliphatic rings. The van der Waals surface area contributed by atoms with Crippen LogP contribution in [0.25, 0.3) is 10.2 Å². The molecule has 2 rings (SSSR count). The summed E-state index contributed by atoms with van der Waals surface area (Å²) in [5.74, 6) is -0.193. The third kappa shape index (κ3) is 5.44. The number of hydrogen-bond donors (Lipinski definition) is 0. The van der Waals surface area contributed by atoms with E-state index in [0.717, 1.165) is 31.2 Å². The lowest BCUT2D eigenvalue weighted by molar-refractivity contribution is -0.141. The van der Waals surface area contributed by atoms with E-state index in [0.29, 0.717) is 6.61 Å². The Morgan fingerprint density at radius 1 is 1.26 bits per heavy atom. The van der Waals surface area contributed by atoms with Crippen LogP contribution in [0.1, 0.15) is 31.2 Å². The molecule has 1 heterocycles. The van der Waals surface area contributed by atoms with Crippen LogP contribution >= 0.6 is 35.3 Å². The highest BCUT2D eigenvalue weighted by Gasteiger charge is 2.02. The van der Waals surface area contributed by atoms with Crippen molar-refractivity contribution in [1.82, 2.24) is 4.98 Å².